The summed E-state index contributed by atoms with van der Waals surface area (Å²) >= 11 is 7.69. The number of hydrogen-bond acceptors (Lipinski definition) is 4. The van der Waals surface area contributed by atoms with Gasteiger partial charge in [-0.1, -0.05) is 42.5 Å². The average molecular weight is 392 g/mol. The van der Waals surface area contributed by atoms with Crippen LogP contribution in [0.2, 0.25) is 0 Å². The first-order valence-corrected chi connectivity index (χ1v) is 9.90. The van der Waals surface area contributed by atoms with E-state index in [-0.39, 0.29) is 17.2 Å². The molecule has 26 heavy (non-hydrogen) atoms. The number of aryl methyl sites for hydroxylation is 1. The van der Waals surface area contributed by atoms with Gasteiger partial charge in [0.1, 0.15) is 0 Å². The molecule has 0 bridgehead atoms. The SMILES string of the molecule is COC(=O)c1ccccc1N(Cl)C(=O)CSCCCCc1ccccc1. The first-order chi connectivity index (χ1) is 12.6. The smallest absolute Gasteiger partial charge is 0.340 e. The molecule has 0 unspecified atom stereocenters. The number of anilines is 1. The third kappa shape index (κ3) is 6.07. The molecule has 2 aromatic carbocycles. The highest BCUT2D eigenvalue weighted by Crippen LogP contribution is 2.24. The standard InChI is InChI=1S/C20H22ClNO3S/c1-25-20(24)17-12-5-6-13-18(17)22(21)19(23)15-26-14-8-7-11-16-9-3-2-4-10-16/h2-6,9-10,12-13H,7-8,11,14-15H2,1H3. The Morgan fingerprint density at radius 2 is 1.73 bits per heavy atom. The van der Waals surface area contributed by atoms with E-state index >= 15 is 0 Å². The van der Waals surface area contributed by atoms with E-state index in [1.165, 1.54) is 12.7 Å². The van der Waals surface area contributed by atoms with Crippen molar-refractivity contribution in [3.05, 3.63) is 65.7 Å². The van der Waals surface area contributed by atoms with Crippen LogP contribution in [0.5, 0.6) is 0 Å². The maximum atomic E-state index is 12.3. The average Bonchev–Trinajstić information content (AvgIpc) is 2.70. The highest BCUT2D eigenvalue weighted by atomic mass is 35.5. The van der Waals surface area contributed by atoms with Crippen molar-refractivity contribution in [3.8, 4) is 0 Å². The predicted molar refractivity (Wildman–Crippen MR) is 108 cm³/mol. The van der Waals surface area contributed by atoms with Crippen LogP contribution in [0.1, 0.15) is 28.8 Å². The summed E-state index contributed by atoms with van der Waals surface area (Å²) in [4.78, 5) is 24.1. The maximum absolute atomic E-state index is 12.3. The van der Waals surface area contributed by atoms with E-state index in [2.05, 4.69) is 12.1 Å². The van der Waals surface area contributed by atoms with Gasteiger partial charge < -0.3 is 4.74 Å². The molecule has 0 spiro atoms. The van der Waals surface area contributed by atoms with Crippen LogP contribution in [0.15, 0.2) is 54.6 Å². The number of para-hydroxylation sites is 1. The van der Waals surface area contributed by atoms with Gasteiger partial charge in [-0.3, -0.25) is 4.79 Å². The molecule has 138 valence electrons. The lowest BCUT2D eigenvalue weighted by Gasteiger charge is -2.16. The number of rotatable bonds is 9. The number of methoxy groups -OCH3 is 1. The molecule has 0 radical (unpaired) electrons. The summed E-state index contributed by atoms with van der Waals surface area (Å²) in [6.45, 7) is 0. The third-order valence-electron chi connectivity index (χ3n) is 3.81. The number of unbranched alkanes of at least 4 members (excludes halogenated alkanes) is 1. The van der Waals surface area contributed by atoms with Crippen LogP contribution < -0.4 is 4.42 Å². The van der Waals surface area contributed by atoms with Gasteiger partial charge in [0.15, 0.2) is 0 Å². The van der Waals surface area contributed by atoms with Crippen molar-refractivity contribution < 1.29 is 14.3 Å². The Labute approximate surface area is 163 Å². The van der Waals surface area contributed by atoms with Crippen LogP contribution >= 0.6 is 23.5 Å². The first-order valence-electron chi connectivity index (χ1n) is 8.41. The number of carbonyl (C=O) groups excluding carboxylic acids is 2. The van der Waals surface area contributed by atoms with Gasteiger partial charge in [-0.25, -0.2) is 9.21 Å². The summed E-state index contributed by atoms with van der Waals surface area (Å²) in [6, 6.07) is 17.0. The van der Waals surface area contributed by atoms with Crippen LogP contribution in [0.4, 0.5) is 5.69 Å². The Morgan fingerprint density at radius 3 is 2.46 bits per heavy atom. The van der Waals surface area contributed by atoms with Crippen molar-refractivity contribution in [2.24, 2.45) is 0 Å². The summed E-state index contributed by atoms with van der Waals surface area (Å²) in [7, 11) is 1.30. The van der Waals surface area contributed by atoms with E-state index in [9.17, 15) is 9.59 Å². The second kappa shape index (κ2) is 10.9. The van der Waals surface area contributed by atoms with Crippen LogP contribution in [0, 0.1) is 0 Å². The first kappa shape index (κ1) is 20.3. The summed E-state index contributed by atoms with van der Waals surface area (Å²) in [5, 5.41) is 0. The zero-order valence-electron chi connectivity index (χ0n) is 14.7. The fourth-order valence-electron chi connectivity index (χ4n) is 2.46. The number of carbonyl (C=O) groups is 2. The number of ether oxygens (including phenoxy) is 1. The molecule has 1 amide bonds. The number of benzene rings is 2. The van der Waals surface area contributed by atoms with Crippen molar-refractivity contribution in [1.29, 1.82) is 0 Å². The lowest BCUT2D eigenvalue weighted by molar-refractivity contribution is -0.115. The normalized spacial score (nSPS) is 10.4. The topological polar surface area (TPSA) is 46.6 Å². The Bertz CT molecular complexity index is 724. The minimum atomic E-state index is -0.521. The number of esters is 1. The Kier molecular flexibility index (Phi) is 8.51. The van der Waals surface area contributed by atoms with Gasteiger partial charge in [0.05, 0.1) is 24.1 Å². The molecule has 0 atom stereocenters. The third-order valence-corrected chi connectivity index (χ3v) is 5.21. The van der Waals surface area contributed by atoms with Gasteiger partial charge >= 0.3 is 5.97 Å². The largest absolute Gasteiger partial charge is 0.465 e. The number of hydrogen-bond donors (Lipinski definition) is 0. The van der Waals surface area contributed by atoms with E-state index in [0.29, 0.717) is 5.69 Å². The summed E-state index contributed by atoms with van der Waals surface area (Å²) in [6.07, 6.45) is 3.17. The molecular weight excluding hydrogens is 370 g/mol. The van der Waals surface area contributed by atoms with Gasteiger partial charge in [-0.15, -0.1) is 0 Å². The minimum Gasteiger partial charge on any atom is -0.465 e. The molecule has 0 saturated heterocycles. The Hall–Kier alpha value is -1.98. The monoisotopic (exact) mass is 391 g/mol. The van der Waals surface area contributed by atoms with E-state index < -0.39 is 5.97 Å². The number of halogens is 1. The molecule has 0 N–H and O–H groups in total. The van der Waals surface area contributed by atoms with Crippen LogP contribution in [-0.4, -0.2) is 30.5 Å². The number of thioether (sulfide) groups is 1. The molecule has 0 heterocycles. The van der Waals surface area contributed by atoms with Crippen LogP contribution in [-0.2, 0) is 16.0 Å². The van der Waals surface area contributed by atoms with Crippen molar-refractivity contribution in [3.63, 3.8) is 0 Å². The van der Waals surface area contributed by atoms with E-state index in [1.807, 2.05) is 18.2 Å². The number of nitrogens with zero attached hydrogens (tertiary/aromatic N) is 1. The molecule has 4 nitrogen and oxygen atoms in total. The van der Waals surface area contributed by atoms with Crippen molar-refractivity contribution >= 4 is 41.1 Å². The molecule has 2 rings (SSSR count). The predicted octanol–water partition coefficient (Wildman–Crippen LogP) is 4.72. The summed E-state index contributed by atoms with van der Waals surface area (Å²) in [5.74, 6) is 0.385. The fraction of sp³-hybridized carbons (Fsp3) is 0.300. The van der Waals surface area contributed by atoms with E-state index in [0.717, 1.165) is 29.4 Å². The molecule has 0 aromatic heterocycles. The molecule has 2 aromatic rings. The second-order valence-corrected chi connectivity index (χ2v) is 7.12. The quantitative estimate of drug-likeness (QED) is 0.352. The molecule has 0 aliphatic carbocycles. The lowest BCUT2D eigenvalue weighted by Crippen LogP contribution is -2.24. The molecule has 0 aliphatic rings. The molecule has 0 saturated carbocycles. The zero-order valence-corrected chi connectivity index (χ0v) is 16.3. The van der Waals surface area contributed by atoms with E-state index in [1.54, 1.807) is 36.0 Å². The van der Waals surface area contributed by atoms with Crippen LogP contribution in [0.3, 0.4) is 0 Å². The van der Waals surface area contributed by atoms with Crippen molar-refractivity contribution in [2.45, 2.75) is 19.3 Å². The van der Waals surface area contributed by atoms with Gasteiger partial charge in [0.2, 0.25) is 0 Å². The summed E-state index contributed by atoms with van der Waals surface area (Å²) in [5.41, 5.74) is 1.95. The molecule has 6 heteroatoms. The highest BCUT2D eigenvalue weighted by Gasteiger charge is 2.20. The molecular formula is C20H22ClNO3S. The maximum Gasteiger partial charge on any atom is 0.340 e. The van der Waals surface area contributed by atoms with Gasteiger partial charge in [0, 0.05) is 11.8 Å². The summed E-state index contributed by atoms with van der Waals surface area (Å²) < 4.78 is 5.73. The highest BCUT2D eigenvalue weighted by molar-refractivity contribution is 7.99. The Balaban J connectivity index is 1.75. The van der Waals surface area contributed by atoms with Gasteiger partial charge in [-0.05, 0) is 42.7 Å². The second-order valence-electron chi connectivity index (χ2n) is 5.68. The zero-order chi connectivity index (χ0) is 18.8. The number of amides is 1. The van der Waals surface area contributed by atoms with Gasteiger partial charge in [0.25, 0.3) is 5.91 Å². The lowest BCUT2D eigenvalue weighted by atomic mass is 10.1. The van der Waals surface area contributed by atoms with Crippen molar-refractivity contribution in [2.75, 3.05) is 23.0 Å². The molecule has 0 aliphatic heterocycles. The Morgan fingerprint density at radius 1 is 1.04 bits per heavy atom. The van der Waals surface area contributed by atoms with Gasteiger partial charge in [-0.2, -0.15) is 11.8 Å². The van der Waals surface area contributed by atoms with E-state index in [4.69, 9.17) is 16.5 Å². The van der Waals surface area contributed by atoms with Crippen LogP contribution in [0.25, 0.3) is 0 Å². The van der Waals surface area contributed by atoms with Crippen molar-refractivity contribution in [1.82, 2.24) is 0 Å². The molecule has 0 fully saturated rings. The minimum absolute atomic E-state index is 0.254. The fourth-order valence-corrected chi connectivity index (χ4v) is 3.59.